The average Bonchev–Trinajstić information content (AvgIpc) is 2.37. The van der Waals surface area contributed by atoms with Gasteiger partial charge in [0, 0.05) is 11.9 Å². The quantitative estimate of drug-likeness (QED) is 0.926. The third-order valence-corrected chi connectivity index (χ3v) is 2.53. The molecule has 0 amide bonds. The van der Waals surface area contributed by atoms with Crippen molar-refractivity contribution in [3.8, 4) is 0 Å². The molecule has 0 spiro atoms. The first kappa shape index (κ1) is 13.3. The number of aromatic nitrogens is 2. The first-order valence-corrected chi connectivity index (χ1v) is 5.64. The molecular weight excluding hydrogens is 255 g/mol. The van der Waals surface area contributed by atoms with E-state index >= 15 is 0 Å². The Labute approximate surface area is 108 Å². The van der Waals surface area contributed by atoms with Crippen molar-refractivity contribution in [2.24, 2.45) is 0 Å². The maximum absolute atomic E-state index is 12.8. The zero-order valence-electron chi connectivity index (χ0n) is 10.2. The normalized spacial score (nSPS) is 11.4. The van der Waals surface area contributed by atoms with Gasteiger partial charge in [-0.25, -0.2) is 0 Å². The van der Waals surface area contributed by atoms with E-state index in [1.165, 1.54) is 12.1 Å². The molecule has 0 aliphatic carbocycles. The fourth-order valence-corrected chi connectivity index (χ4v) is 1.58. The Morgan fingerprint density at radius 3 is 2.47 bits per heavy atom. The van der Waals surface area contributed by atoms with Gasteiger partial charge in [0.1, 0.15) is 0 Å². The first-order chi connectivity index (χ1) is 8.97. The molecule has 0 fully saturated rings. The van der Waals surface area contributed by atoms with Gasteiger partial charge in [0.25, 0.3) is 0 Å². The molecule has 1 heterocycles. The number of hydrogen-bond donors (Lipinski definition) is 1. The smallest absolute Gasteiger partial charge is 0.379 e. The lowest BCUT2D eigenvalue weighted by atomic mass is 10.1. The van der Waals surface area contributed by atoms with Gasteiger partial charge in [0.15, 0.2) is 0 Å². The van der Waals surface area contributed by atoms with Gasteiger partial charge in [-0.1, -0.05) is 12.1 Å². The van der Waals surface area contributed by atoms with Crippen LogP contribution in [0.25, 0.3) is 0 Å². The van der Waals surface area contributed by atoms with Gasteiger partial charge in [-0.15, -0.1) is 0 Å². The van der Waals surface area contributed by atoms with Crippen LogP contribution in [0.15, 0.2) is 36.7 Å². The zero-order valence-corrected chi connectivity index (χ0v) is 10.2. The van der Waals surface area contributed by atoms with Crippen LogP contribution in [0.3, 0.4) is 0 Å². The lowest BCUT2D eigenvalue weighted by molar-refractivity contribution is -0.136. The fraction of sp³-hybridized carbons (Fsp3) is 0.231. The van der Waals surface area contributed by atoms with E-state index in [-0.39, 0.29) is 12.2 Å². The number of nitrogens with one attached hydrogen (secondary N) is 1. The molecule has 0 atom stereocenters. The van der Waals surface area contributed by atoms with Crippen molar-refractivity contribution in [2.75, 3.05) is 5.32 Å². The van der Waals surface area contributed by atoms with Crippen molar-refractivity contribution in [3.63, 3.8) is 0 Å². The summed E-state index contributed by atoms with van der Waals surface area (Å²) in [7, 11) is 0. The molecule has 1 N–H and O–H groups in total. The Hall–Kier alpha value is -2.11. The number of para-hydroxylation sites is 1. The lowest BCUT2D eigenvalue weighted by Crippen LogP contribution is -2.11. The van der Waals surface area contributed by atoms with E-state index in [9.17, 15) is 13.2 Å². The summed E-state index contributed by atoms with van der Waals surface area (Å²) in [6, 6.07) is 5.35. The second kappa shape index (κ2) is 5.26. The molecule has 19 heavy (non-hydrogen) atoms. The van der Waals surface area contributed by atoms with Crippen molar-refractivity contribution in [3.05, 3.63) is 53.6 Å². The third-order valence-electron chi connectivity index (χ3n) is 2.53. The van der Waals surface area contributed by atoms with E-state index < -0.39 is 11.7 Å². The topological polar surface area (TPSA) is 37.8 Å². The summed E-state index contributed by atoms with van der Waals surface area (Å²) < 4.78 is 38.3. The molecule has 1 aromatic carbocycles. The zero-order chi connectivity index (χ0) is 13.9. The SMILES string of the molecule is Cc1cnc(CNc2ccccc2C(F)(F)F)cn1. The summed E-state index contributed by atoms with van der Waals surface area (Å²) in [4.78, 5) is 8.12. The fourth-order valence-electron chi connectivity index (χ4n) is 1.58. The van der Waals surface area contributed by atoms with Crippen LogP contribution < -0.4 is 5.32 Å². The van der Waals surface area contributed by atoms with Crippen molar-refractivity contribution in [1.29, 1.82) is 0 Å². The molecule has 0 radical (unpaired) electrons. The van der Waals surface area contributed by atoms with E-state index in [2.05, 4.69) is 15.3 Å². The molecule has 2 aromatic rings. The average molecular weight is 267 g/mol. The first-order valence-electron chi connectivity index (χ1n) is 5.64. The number of rotatable bonds is 3. The van der Waals surface area contributed by atoms with Crippen molar-refractivity contribution < 1.29 is 13.2 Å². The number of nitrogens with zero attached hydrogens (tertiary/aromatic N) is 2. The van der Waals surface area contributed by atoms with Crippen LogP contribution in [-0.2, 0) is 12.7 Å². The van der Waals surface area contributed by atoms with Gasteiger partial charge in [-0.3, -0.25) is 9.97 Å². The number of alkyl halides is 3. The van der Waals surface area contributed by atoms with Crippen molar-refractivity contribution in [1.82, 2.24) is 9.97 Å². The maximum Gasteiger partial charge on any atom is 0.418 e. The molecule has 6 heteroatoms. The monoisotopic (exact) mass is 267 g/mol. The highest BCUT2D eigenvalue weighted by Crippen LogP contribution is 2.34. The Bertz CT molecular complexity index is 550. The van der Waals surface area contributed by atoms with Crippen LogP contribution in [0.2, 0.25) is 0 Å². The third kappa shape index (κ3) is 3.43. The largest absolute Gasteiger partial charge is 0.418 e. The van der Waals surface area contributed by atoms with E-state index in [1.807, 2.05) is 0 Å². The van der Waals surface area contributed by atoms with E-state index in [1.54, 1.807) is 25.4 Å². The van der Waals surface area contributed by atoms with Gasteiger partial charge in [-0.2, -0.15) is 13.2 Å². The van der Waals surface area contributed by atoms with Gasteiger partial charge >= 0.3 is 6.18 Å². The van der Waals surface area contributed by atoms with Crippen LogP contribution in [-0.4, -0.2) is 9.97 Å². The van der Waals surface area contributed by atoms with Crippen LogP contribution in [0.5, 0.6) is 0 Å². The molecule has 0 saturated carbocycles. The van der Waals surface area contributed by atoms with Crippen LogP contribution in [0.1, 0.15) is 17.0 Å². The van der Waals surface area contributed by atoms with Crippen molar-refractivity contribution in [2.45, 2.75) is 19.6 Å². The molecule has 0 unspecified atom stereocenters. The Morgan fingerprint density at radius 1 is 1.11 bits per heavy atom. The number of halogens is 3. The number of benzene rings is 1. The summed E-state index contributed by atoms with van der Waals surface area (Å²) in [5, 5.41) is 2.73. The molecular formula is C13H12F3N3. The lowest BCUT2D eigenvalue weighted by Gasteiger charge is -2.13. The van der Waals surface area contributed by atoms with Gasteiger partial charge in [-0.05, 0) is 19.1 Å². The van der Waals surface area contributed by atoms with E-state index in [0.29, 0.717) is 5.69 Å². The summed E-state index contributed by atoms with van der Waals surface area (Å²) in [5.74, 6) is 0. The highest BCUT2D eigenvalue weighted by Gasteiger charge is 2.32. The van der Waals surface area contributed by atoms with Gasteiger partial charge in [0.2, 0.25) is 0 Å². The molecule has 0 bridgehead atoms. The molecule has 3 nitrogen and oxygen atoms in total. The van der Waals surface area contributed by atoms with Crippen LogP contribution in [0.4, 0.5) is 18.9 Å². The Morgan fingerprint density at radius 2 is 1.84 bits per heavy atom. The van der Waals surface area contributed by atoms with E-state index in [0.717, 1.165) is 11.8 Å². The van der Waals surface area contributed by atoms with Gasteiger partial charge < -0.3 is 5.32 Å². The minimum Gasteiger partial charge on any atom is -0.379 e. The van der Waals surface area contributed by atoms with Crippen LogP contribution in [0, 0.1) is 6.92 Å². The number of aryl methyl sites for hydroxylation is 1. The molecule has 2 rings (SSSR count). The molecule has 1 aromatic heterocycles. The minimum atomic E-state index is -4.37. The standard InChI is InChI=1S/C13H12F3N3/c1-9-6-18-10(7-17-9)8-19-12-5-3-2-4-11(12)13(14,15)16/h2-7,19H,8H2,1H3. The predicted octanol–water partition coefficient (Wildman–Crippen LogP) is 3.42. The highest BCUT2D eigenvalue weighted by molar-refractivity contribution is 5.52. The minimum absolute atomic E-state index is 0.0392. The molecule has 0 aliphatic rings. The maximum atomic E-state index is 12.8. The van der Waals surface area contributed by atoms with Crippen LogP contribution >= 0.6 is 0 Å². The molecule has 100 valence electrons. The van der Waals surface area contributed by atoms with Gasteiger partial charge in [0.05, 0.1) is 29.7 Å². The second-order valence-electron chi connectivity index (χ2n) is 4.05. The Kier molecular flexibility index (Phi) is 3.69. The molecule has 0 aliphatic heterocycles. The second-order valence-corrected chi connectivity index (χ2v) is 4.05. The Balaban J connectivity index is 2.14. The predicted molar refractivity (Wildman–Crippen MR) is 65.5 cm³/mol. The van der Waals surface area contributed by atoms with Crippen molar-refractivity contribution >= 4 is 5.69 Å². The van der Waals surface area contributed by atoms with E-state index in [4.69, 9.17) is 0 Å². The number of anilines is 1. The highest BCUT2D eigenvalue weighted by atomic mass is 19.4. The summed E-state index contributed by atoms with van der Waals surface area (Å²) in [6.07, 6.45) is -1.26. The molecule has 0 saturated heterocycles. The summed E-state index contributed by atoms with van der Waals surface area (Å²) in [5.41, 5.74) is 0.703. The summed E-state index contributed by atoms with van der Waals surface area (Å²) in [6.45, 7) is 1.99. The summed E-state index contributed by atoms with van der Waals surface area (Å²) >= 11 is 0. The number of hydrogen-bond acceptors (Lipinski definition) is 3.